The van der Waals surface area contributed by atoms with Crippen molar-refractivity contribution in [3.8, 4) is 0 Å². The normalized spacial score (nSPS) is 17.1. The summed E-state index contributed by atoms with van der Waals surface area (Å²) in [6, 6.07) is 0.567. The minimum absolute atomic E-state index is 0.399. The van der Waals surface area contributed by atoms with Crippen molar-refractivity contribution in [2.24, 2.45) is 11.3 Å². The largest absolute Gasteiger partial charge is 0.384 e. The van der Waals surface area contributed by atoms with Gasteiger partial charge in [-0.15, -0.1) is 0 Å². The third-order valence-electron chi connectivity index (χ3n) is 4.06. The van der Waals surface area contributed by atoms with Crippen molar-refractivity contribution in [2.75, 3.05) is 20.3 Å². The third kappa shape index (κ3) is 5.87. The molecule has 0 fully saturated rings. The van der Waals surface area contributed by atoms with Crippen LogP contribution >= 0.6 is 0 Å². The molecule has 0 radical (unpaired) electrons. The lowest BCUT2D eigenvalue weighted by Crippen LogP contribution is -2.43. The molecule has 0 aromatic carbocycles. The monoisotopic (exact) mass is 243 g/mol. The van der Waals surface area contributed by atoms with Crippen LogP contribution in [0.3, 0.4) is 0 Å². The van der Waals surface area contributed by atoms with Crippen molar-refractivity contribution >= 4 is 0 Å². The molecule has 0 rings (SSSR count). The lowest BCUT2D eigenvalue weighted by Gasteiger charge is -2.39. The molecule has 0 bridgehead atoms. The summed E-state index contributed by atoms with van der Waals surface area (Å²) in [6.45, 7) is 13.4. The Morgan fingerprint density at radius 3 is 2.24 bits per heavy atom. The van der Waals surface area contributed by atoms with Crippen LogP contribution in [0.1, 0.15) is 60.3 Å². The minimum atomic E-state index is 0.399. The molecular formula is C15H33NO. The fourth-order valence-corrected chi connectivity index (χ4v) is 2.52. The van der Waals surface area contributed by atoms with Crippen molar-refractivity contribution in [3.63, 3.8) is 0 Å². The van der Waals surface area contributed by atoms with Gasteiger partial charge in [0.2, 0.25) is 0 Å². The van der Waals surface area contributed by atoms with E-state index in [4.69, 9.17) is 4.74 Å². The number of hydrogen-bond donors (Lipinski definition) is 1. The summed E-state index contributed by atoms with van der Waals surface area (Å²) in [5.74, 6) is 0.621. The maximum Gasteiger partial charge on any atom is 0.0493 e. The predicted molar refractivity (Wildman–Crippen MR) is 76.4 cm³/mol. The molecule has 0 heterocycles. The van der Waals surface area contributed by atoms with Gasteiger partial charge in [0.1, 0.15) is 0 Å². The van der Waals surface area contributed by atoms with E-state index < -0.39 is 0 Å². The minimum Gasteiger partial charge on any atom is -0.384 e. The molecule has 2 nitrogen and oxygen atoms in total. The van der Waals surface area contributed by atoms with Gasteiger partial charge in [-0.1, -0.05) is 47.5 Å². The SMILES string of the molecule is CCCCC(CC)(CNC(C)C)C(C)COC. The lowest BCUT2D eigenvalue weighted by atomic mass is 9.70. The van der Waals surface area contributed by atoms with Crippen molar-refractivity contribution in [2.45, 2.75) is 66.3 Å². The summed E-state index contributed by atoms with van der Waals surface area (Å²) < 4.78 is 5.37. The molecule has 0 aliphatic rings. The molecule has 0 aromatic heterocycles. The number of nitrogens with one attached hydrogen (secondary N) is 1. The average Bonchev–Trinajstić information content (AvgIpc) is 2.30. The molecule has 0 aromatic rings. The van der Waals surface area contributed by atoms with Crippen LogP contribution in [-0.4, -0.2) is 26.3 Å². The Balaban J connectivity index is 4.60. The molecule has 1 N–H and O–H groups in total. The molecule has 0 aliphatic heterocycles. The van der Waals surface area contributed by atoms with E-state index in [1.54, 1.807) is 0 Å². The zero-order valence-corrected chi connectivity index (χ0v) is 12.8. The van der Waals surface area contributed by atoms with E-state index in [2.05, 4.69) is 39.9 Å². The summed E-state index contributed by atoms with van der Waals surface area (Å²) in [4.78, 5) is 0. The van der Waals surface area contributed by atoms with Gasteiger partial charge in [-0.25, -0.2) is 0 Å². The van der Waals surface area contributed by atoms with E-state index >= 15 is 0 Å². The Morgan fingerprint density at radius 1 is 1.18 bits per heavy atom. The Labute approximate surface area is 109 Å². The van der Waals surface area contributed by atoms with Gasteiger partial charge in [0.25, 0.3) is 0 Å². The van der Waals surface area contributed by atoms with Gasteiger partial charge in [-0.05, 0) is 24.2 Å². The number of ether oxygens (including phenoxy) is 1. The van der Waals surface area contributed by atoms with E-state index in [-0.39, 0.29) is 0 Å². The number of unbranched alkanes of at least 4 members (excludes halogenated alkanes) is 1. The molecule has 2 atom stereocenters. The maximum atomic E-state index is 5.37. The van der Waals surface area contributed by atoms with Crippen LogP contribution in [0.4, 0.5) is 0 Å². The van der Waals surface area contributed by atoms with Crippen LogP contribution < -0.4 is 5.32 Å². The molecule has 2 heteroatoms. The average molecular weight is 243 g/mol. The Bertz CT molecular complexity index is 182. The first-order valence-electron chi connectivity index (χ1n) is 7.24. The lowest BCUT2D eigenvalue weighted by molar-refractivity contribution is 0.0555. The second-order valence-electron chi connectivity index (χ2n) is 5.71. The van der Waals surface area contributed by atoms with Gasteiger partial charge in [-0.3, -0.25) is 0 Å². The summed E-state index contributed by atoms with van der Waals surface area (Å²) in [5, 5.41) is 3.63. The van der Waals surface area contributed by atoms with Crippen molar-refractivity contribution in [1.29, 1.82) is 0 Å². The van der Waals surface area contributed by atoms with Gasteiger partial charge in [0, 0.05) is 26.3 Å². The molecule has 0 amide bonds. The van der Waals surface area contributed by atoms with Gasteiger partial charge >= 0.3 is 0 Å². The smallest absolute Gasteiger partial charge is 0.0493 e. The topological polar surface area (TPSA) is 21.3 Å². The highest BCUT2D eigenvalue weighted by Gasteiger charge is 2.33. The van der Waals surface area contributed by atoms with Crippen LogP contribution in [-0.2, 0) is 4.74 Å². The summed E-state index contributed by atoms with van der Waals surface area (Å²) in [6.07, 6.45) is 5.15. The van der Waals surface area contributed by atoms with Gasteiger partial charge in [-0.2, -0.15) is 0 Å². The van der Waals surface area contributed by atoms with Crippen LogP contribution in [0.2, 0.25) is 0 Å². The van der Waals surface area contributed by atoms with Crippen molar-refractivity contribution in [3.05, 3.63) is 0 Å². The van der Waals surface area contributed by atoms with Crippen LogP contribution in [0.25, 0.3) is 0 Å². The highest BCUT2D eigenvalue weighted by Crippen LogP contribution is 2.36. The van der Waals surface area contributed by atoms with E-state index in [0.717, 1.165) is 13.2 Å². The highest BCUT2D eigenvalue weighted by atomic mass is 16.5. The molecule has 0 aliphatic carbocycles. The van der Waals surface area contributed by atoms with Crippen molar-refractivity contribution < 1.29 is 4.74 Å². The molecule has 0 spiro atoms. The zero-order chi connectivity index (χ0) is 13.3. The molecule has 17 heavy (non-hydrogen) atoms. The first-order chi connectivity index (χ1) is 8.02. The number of hydrogen-bond acceptors (Lipinski definition) is 2. The second-order valence-corrected chi connectivity index (χ2v) is 5.71. The van der Waals surface area contributed by atoms with Crippen molar-refractivity contribution in [1.82, 2.24) is 5.32 Å². The predicted octanol–water partition coefficient (Wildman–Crippen LogP) is 3.85. The second kappa shape index (κ2) is 8.93. The first-order valence-corrected chi connectivity index (χ1v) is 7.24. The molecule has 104 valence electrons. The fraction of sp³-hybridized carbons (Fsp3) is 1.00. The summed E-state index contributed by atoms with van der Waals surface area (Å²) >= 11 is 0. The number of methoxy groups -OCH3 is 1. The van der Waals surface area contributed by atoms with E-state index in [0.29, 0.717) is 17.4 Å². The van der Waals surface area contributed by atoms with E-state index in [9.17, 15) is 0 Å². The van der Waals surface area contributed by atoms with E-state index in [1.165, 1.54) is 25.7 Å². The van der Waals surface area contributed by atoms with Gasteiger partial charge in [0.05, 0.1) is 0 Å². The first kappa shape index (κ1) is 16.9. The Morgan fingerprint density at radius 2 is 1.82 bits per heavy atom. The van der Waals surface area contributed by atoms with E-state index in [1.807, 2.05) is 7.11 Å². The van der Waals surface area contributed by atoms with Gasteiger partial charge in [0.15, 0.2) is 0 Å². The standard InChI is InChI=1S/C15H33NO/c1-7-9-10-15(8-2,12-16-13(3)4)14(5)11-17-6/h13-14,16H,7-12H2,1-6H3. The zero-order valence-electron chi connectivity index (χ0n) is 12.8. The quantitative estimate of drug-likeness (QED) is 0.629. The number of rotatable bonds is 10. The molecule has 0 saturated carbocycles. The highest BCUT2D eigenvalue weighted by molar-refractivity contribution is 4.86. The Kier molecular flexibility index (Phi) is 8.89. The summed E-state index contributed by atoms with van der Waals surface area (Å²) in [5.41, 5.74) is 0.399. The van der Waals surface area contributed by atoms with Gasteiger partial charge < -0.3 is 10.1 Å². The molecule has 0 saturated heterocycles. The van der Waals surface area contributed by atoms with Crippen LogP contribution in [0.5, 0.6) is 0 Å². The maximum absolute atomic E-state index is 5.37. The summed E-state index contributed by atoms with van der Waals surface area (Å²) in [7, 11) is 1.81. The third-order valence-corrected chi connectivity index (χ3v) is 4.06. The van der Waals surface area contributed by atoms with Crippen LogP contribution in [0, 0.1) is 11.3 Å². The van der Waals surface area contributed by atoms with Crippen LogP contribution in [0.15, 0.2) is 0 Å². The Hall–Kier alpha value is -0.0800. The fourth-order valence-electron chi connectivity index (χ4n) is 2.52. The molecular weight excluding hydrogens is 210 g/mol. The molecule has 2 unspecified atom stereocenters.